The zero-order valence-corrected chi connectivity index (χ0v) is 39.4. The highest BCUT2D eigenvalue weighted by atomic mass is 28.4. The van der Waals surface area contributed by atoms with Gasteiger partial charge in [-0.2, -0.15) is 0 Å². The van der Waals surface area contributed by atoms with Gasteiger partial charge in [0, 0.05) is 89.2 Å². The molecule has 0 amide bonds. The van der Waals surface area contributed by atoms with Gasteiger partial charge in [0.05, 0.1) is 0 Å². The van der Waals surface area contributed by atoms with Crippen LogP contribution in [0, 0.1) is 23.7 Å². The quantitative estimate of drug-likeness (QED) is 0.0768. The molecule has 11 nitrogen and oxygen atoms in total. The van der Waals surface area contributed by atoms with Gasteiger partial charge in [-0.1, -0.05) is 45.3 Å². The highest BCUT2D eigenvalue weighted by molar-refractivity contribution is 6.88. The molecule has 0 N–H and O–H groups in total. The van der Waals surface area contributed by atoms with E-state index in [1.165, 1.54) is 50.7 Å². The second-order valence-electron chi connectivity index (χ2n) is 15.6. The lowest BCUT2D eigenvalue weighted by Crippen LogP contribution is -2.61. The Morgan fingerprint density at radius 1 is 0.540 bits per heavy atom. The Kier molecular flexibility index (Phi) is 20.8. The van der Waals surface area contributed by atoms with Gasteiger partial charge in [0.25, 0.3) is 8.48 Å². The summed E-state index contributed by atoms with van der Waals surface area (Å²) in [5, 5.41) is 0. The third kappa shape index (κ3) is 12.6. The molecule has 0 bridgehead atoms. The van der Waals surface area contributed by atoms with E-state index in [4.69, 9.17) is 44.3 Å². The lowest BCUT2D eigenvalue weighted by molar-refractivity contribution is 0.0712. The molecule has 0 aromatic rings. The molecule has 1 heterocycles. The van der Waals surface area contributed by atoms with E-state index < -0.39 is 43.1 Å². The molecular weight excluding hydrogens is 723 g/mol. The van der Waals surface area contributed by atoms with Crippen LogP contribution in [0.25, 0.3) is 0 Å². The van der Waals surface area contributed by atoms with Crippen molar-refractivity contribution in [3.05, 3.63) is 0 Å². The Bertz CT molecular complexity index is 865. The fourth-order valence-electron chi connectivity index (χ4n) is 9.48. The predicted molar refractivity (Wildman–Crippen MR) is 212 cm³/mol. The SMILES string of the molecule is CO[Si](CCCC1CC(CCC[Si]2(OC)CCCN2[Si](C)(C)C)CC(CCC[Si](OC)(OC)OC)C1CCC[Si](OC)(OC)OC)(OC)OC. The Hall–Kier alpha value is 0.644. The summed E-state index contributed by atoms with van der Waals surface area (Å²) < 4.78 is 61.8. The van der Waals surface area contributed by atoms with Gasteiger partial charge < -0.3 is 48.5 Å². The Labute approximate surface area is 312 Å². The lowest BCUT2D eigenvalue weighted by atomic mass is 9.63. The van der Waals surface area contributed by atoms with Gasteiger partial charge in [-0.05, 0) is 87.3 Å². The highest BCUT2D eigenvalue weighted by Gasteiger charge is 2.50. The fourth-order valence-corrected chi connectivity index (χ4v) is 24.8. The second-order valence-corrected chi connectivity index (χ2v) is 34.0. The summed E-state index contributed by atoms with van der Waals surface area (Å²) in [6, 6.07) is 5.04. The van der Waals surface area contributed by atoms with E-state index in [0.29, 0.717) is 23.7 Å². The van der Waals surface area contributed by atoms with Crippen LogP contribution in [0.15, 0.2) is 0 Å². The normalized spacial score (nSPS) is 25.9. The van der Waals surface area contributed by atoms with Crippen molar-refractivity contribution in [2.75, 3.05) is 77.6 Å². The Morgan fingerprint density at radius 2 is 0.940 bits per heavy atom. The monoisotopic (exact) mass is 799 g/mol. The molecule has 3 unspecified atom stereocenters. The van der Waals surface area contributed by atoms with Crippen molar-refractivity contribution < 1.29 is 44.3 Å². The summed E-state index contributed by atoms with van der Waals surface area (Å²) in [4.78, 5) is 0. The molecule has 0 aromatic heterocycles. The van der Waals surface area contributed by atoms with E-state index in [-0.39, 0.29) is 0 Å². The molecule has 2 fully saturated rings. The van der Waals surface area contributed by atoms with Gasteiger partial charge >= 0.3 is 26.4 Å². The van der Waals surface area contributed by atoms with Gasteiger partial charge in [-0.15, -0.1) is 0 Å². The molecule has 1 aliphatic heterocycles. The van der Waals surface area contributed by atoms with Crippen LogP contribution in [0.1, 0.15) is 70.6 Å². The van der Waals surface area contributed by atoms with Crippen LogP contribution >= 0.6 is 0 Å². The summed E-state index contributed by atoms with van der Waals surface area (Å²) in [7, 11) is 6.26. The standard InChI is InChI=1S/C34H77NO10Si5/c1-36-47(25-18-23-35(47)46(11,12)13)24-14-19-31-29-32(20-15-26-48(37-2,38-3)39-4)34(22-17-28-50(43-8,44-9)45-10)33(30-31)21-16-27-49(40-5,41-6)42-7/h31-34H,14-30H2,1-13H3. The average molecular weight is 800 g/mol. The summed E-state index contributed by atoms with van der Waals surface area (Å²) >= 11 is 0. The number of rotatable bonds is 27. The maximum absolute atomic E-state index is 6.53. The van der Waals surface area contributed by atoms with Crippen LogP contribution < -0.4 is 0 Å². The molecule has 1 saturated heterocycles. The number of hydrogen-bond donors (Lipinski definition) is 0. The third-order valence-electron chi connectivity index (χ3n) is 12.2. The Balaban J connectivity index is 2.32. The molecule has 1 aliphatic carbocycles. The van der Waals surface area contributed by atoms with Crippen molar-refractivity contribution in [2.24, 2.45) is 23.7 Å². The predicted octanol–water partition coefficient (Wildman–Crippen LogP) is 7.63. The molecule has 0 aromatic carbocycles. The van der Waals surface area contributed by atoms with Gasteiger partial charge in [0.15, 0.2) is 0 Å². The van der Waals surface area contributed by atoms with E-state index in [0.717, 1.165) is 56.7 Å². The molecule has 3 atom stereocenters. The van der Waals surface area contributed by atoms with Crippen molar-refractivity contribution in [2.45, 2.75) is 120 Å². The lowest BCUT2D eigenvalue weighted by Gasteiger charge is -2.44. The van der Waals surface area contributed by atoms with Gasteiger partial charge in [0.1, 0.15) is 8.24 Å². The van der Waals surface area contributed by atoms with E-state index in [9.17, 15) is 0 Å². The van der Waals surface area contributed by atoms with Gasteiger partial charge in [0.2, 0.25) is 0 Å². The summed E-state index contributed by atoms with van der Waals surface area (Å²) in [6.07, 6.45) is 12.9. The first kappa shape index (κ1) is 46.8. The molecule has 16 heteroatoms. The number of hydrogen-bond acceptors (Lipinski definition) is 11. The summed E-state index contributed by atoms with van der Waals surface area (Å²) in [5.41, 5.74) is 0. The van der Waals surface area contributed by atoms with Crippen molar-refractivity contribution in [1.29, 1.82) is 0 Å². The zero-order chi connectivity index (χ0) is 37.5. The van der Waals surface area contributed by atoms with Gasteiger partial charge in [-0.25, -0.2) is 0 Å². The van der Waals surface area contributed by atoms with E-state index in [1.54, 1.807) is 64.0 Å². The molecule has 298 valence electrons. The summed E-state index contributed by atoms with van der Waals surface area (Å²) in [6.45, 7) is 8.72. The van der Waals surface area contributed by atoms with Crippen molar-refractivity contribution in [3.63, 3.8) is 0 Å². The first-order chi connectivity index (χ1) is 23.8. The van der Waals surface area contributed by atoms with E-state index in [1.807, 2.05) is 7.11 Å². The molecule has 1 saturated carbocycles. The molecule has 2 rings (SSSR count). The largest absolute Gasteiger partial charge is 0.500 e. The third-order valence-corrected chi connectivity index (χ3v) is 30.0. The maximum Gasteiger partial charge on any atom is 0.500 e. The van der Waals surface area contributed by atoms with E-state index in [2.05, 4.69) is 23.9 Å². The minimum atomic E-state index is -2.65. The van der Waals surface area contributed by atoms with Crippen LogP contribution in [0.4, 0.5) is 0 Å². The minimum absolute atomic E-state index is 0.604. The first-order valence-corrected chi connectivity index (χ1v) is 30.6. The summed E-state index contributed by atoms with van der Waals surface area (Å²) in [5.74, 6) is 2.55. The second kappa shape index (κ2) is 22.3. The fraction of sp³-hybridized carbons (Fsp3) is 1.00. The first-order valence-electron chi connectivity index (χ1n) is 19.1. The van der Waals surface area contributed by atoms with Crippen molar-refractivity contribution in [1.82, 2.24) is 4.23 Å². The van der Waals surface area contributed by atoms with Crippen LogP contribution in [0.3, 0.4) is 0 Å². The van der Waals surface area contributed by atoms with Gasteiger partial charge in [-0.3, -0.25) is 0 Å². The highest BCUT2D eigenvalue weighted by Crippen LogP contribution is 2.48. The van der Waals surface area contributed by atoms with Crippen molar-refractivity contribution >= 4 is 43.1 Å². The minimum Gasteiger partial charge on any atom is -0.407 e. The number of nitrogens with zero attached hydrogens (tertiary/aromatic N) is 1. The zero-order valence-electron chi connectivity index (χ0n) is 34.4. The van der Waals surface area contributed by atoms with Crippen LogP contribution in [-0.2, 0) is 44.3 Å². The average Bonchev–Trinajstić information content (AvgIpc) is 3.57. The molecule has 0 radical (unpaired) electrons. The maximum atomic E-state index is 6.53. The smallest absolute Gasteiger partial charge is 0.407 e. The Morgan fingerprint density at radius 3 is 1.30 bits per heavy atom. The molecule has 50 heavy (non-hydrogen) atoms. The van der Waals surface area contributed by atoms with Crippen LogP contribution in [0.2, 0.25) is 49.9 Å². The van der Waals surface area contributed by atoms with E-state index >= 15 is 0 Å². The topological polar surface area (TPSA) is 95.5 Å². The van der Waals surface area contributed by atoms with Crippen LogP contribution in [-0.4, -0.2) is 125 Å². The molecular formula is C34H77NO10Si5. The van der Waals surface area contributed by atoms with Crippen molar-refractivity contribution in [3.8, 4) is 0 Å². The molecule has 2 aliphatic rings. The molecule has 0 spiro atoms. The van der Waals surface area contributed by atoms with Crippen LogP contribution in [0.5, 0.6) is 0 Å².